The number of hydrogen-bond donors (Lipinski definition) is 2. The highest BCUT2D eigenvalue weighted by molar-refractivity contribution is 5.85. The van der Waals surface area contributed by atoms with Gasteiger partial charge in [0.25, 0.3) is 0 Å². The number of unbranched alkanes of at least 4 members (excludes halogenated alkanes) is 2. The lowest BCUT2D eigenvalue weighted by Crippen LogP contribution is -2.51. The van der Waals surface area contributed by atoms with Crippen molar-refractivity contribution in [1.29, 1.82) is 0 Å². The van der Waals surface area contributed by atoms with Crippen LogP contribution in [-0.2, 0) is 9.53 Å². The first-order valence-corrected chi connectivity index (χ1v) is 7.44. The van der Waals surface area contributed by atoms with Gasteiger partial charge in [-0.05, 0) is 33.1 Å². The summed E-state index contributed by atoms with van der Waals surface area (Å²) in [7, 11) is 0. The lowest BCUT2D eigenvalue weighted by molar-refractivity contribution is -0.124. The first kappa shape index (κ1) is 18.7. The Kier molecular flexibility index (Phi) is 8.26. The van der Waals surface area contributed by atoms with Gasteiger partial charge in [0.15, 0.2) is 0 Å². The Hall–Kier alpha value is -1.26. The average Bonchev–Trinajstić information content (AvgIpc) is 2.28. The number of hydrogen-bond acceptors (Lipinski definition) is 3. The molecule has 5 heteroatoms. The molecular weight excluding hydrogens is 256 g/mol. The summed E-state index contributed by atoms with van der Waals surface area (Å²) in [5.74, 6) is -0.143. The minimum absolute atomic E-state index is 0.00805. The number of rotatable bonds is 7. The zero-order valence-corrected chi connectivity index (χ0v) is 13.7. The van der Waals surface area contributed by atoms with E-state index in [2.05, 4.69) is 17.6 Å². The molecule has 0 aliphatic rings. The zero-order valence-electron chi connectivity index (χ0n) is 13.7. The van der Waals surface area contributed by atoms with E-state index >= 15 is 0 Å². The van der Waals surface area contributed by atoms with Crippen molar-refractivity contribution in [2.75, 3.05) is 6.54 Å². The van der Waals surface area contributed by atoms with Crippen LogP contribution in [0.3, 0.4) is 0 Å². The minimum atomic E-state index is -0.566. The summed E-state index contributed by atoms with van der Waals surface area (Å²) in [5.41, 5.74) is -0.566. The van der Waals surface area contributed by atoms with E-state index < -0.39 is 17.7 Å². The molecule has 0 aromatic heterocycles. The zero-order chi connectivity index (χ0) is 15.8. The third kappa shape index (κ3) is 8.77. The second-order valence-corrected chi connectivity index (χ2v) is 6.37. The summed E-state index contributed by atoms with van der Waals surface area (Å²) in [5, 5.41) is 5.50. The number of carbonyl (C=O) groups excluding carboxylic acids is 2. The molecule has 1 unspecified atom stereocenters. The predicted molar refractivity (Wildman–Crippen MR) is 80.5 cm³/mol. The Balaban J connectivity index is 4.35. The van der Waals surface area contributed by atoms with Crippen LogP contribution in [0.5, 0.6) is 0 Å². The molecule has 0 radical (unpaired) electrons. The Labute approximate surface area is 122 Å². The normalized spacial score (nSPS) is 12.9. The van der Waals surface area contributed by atoms with Crippen molar-refractivity contribution in [3.8, 4) is 0 Å². The Morgan fingerprint density at radius 1 is 1.15 bits per heavy atom. The Bertz CT molecular complexity index is 309. The smallest absolute Gasteiger partial charge is 0.408 e. The van der Waals surface area contributed by atoms with Crippen molar-refractivity contribution in [1.82, 2.24) is 10.6 Å². The van der Waals surface area contributed by atoms with Gasteiger partial charge in [-0.25, -0.2) is 4.79 Å². The number of alkyl carbamates (subject to hydrolysis) is 1. The minimum Gasteiger partial charge on any atom is -0.444 e. The van der Waals surface area contributed by atoms with E-state index in [-0.39, 0.29) is 11.8 Å². The van der Waals surface area contributed by atoms with E-state index in [1.54, 1.807) is 20.8 Å². The second kappa shape index (κ2) is 8.82. The van der Waals surface area contributed by atoms with Crippen LogP contribution < -0.4 is 10.6 Å². The van der Waals surface area contributed by atoms with Crippen LogP contribution in [0.4, 0.5) is 4.79 Å². The largest absolute Gasteiger partial charge is 0.444 e. The van der Waals surface area contributed by atoms with Crippen molar-refractivity contribution >= 4 is 12.0 Å². The fraction of sp³-hybridized carbons (Fsp3) is 0.867. The third-order valence-electron chi connectivity index (χ3n) is 2.70. The molecule has 0 spiro atoms. The van der Waals surface area contributed by atoms with E-state index in [0.717, 1.165) is 19.3 Å². The molecule has 0 aliphatic heterocycles. The van der Waals surface area contributed by atoms with E-state index in [1.807, 2.05) is 13.8 Å². The van der Waals surface area contributed by atoms with Crippen LogP contribution in [0, 0.1) is 5.92 Å². The molecule has 118 valence electrons. The Morgan fingerprint density at radius 3 is 2.20 bits per heavy atom. The molecule has 5 nitrogen and oxygen atoms in total. The molecule has 0 rings (SSSR count). The maximum absolute atomic E-state index is 12.1. The molecule has 0 aromatic rings. The quantitative estimate of drug-likeness (QED) is 0.707. The van der Waals surface area contributed by atoms with Gasteiger partial charge in [0, 0.05) is 6.54 Å². The number of carbonyl (C=O) groups is 2. The summed E-state index contributed by atoms with van der Waals surface area (Å²) in [6.45, 7) is 11.9. The van der Waals surface area contributed by atoms with Gasteiger partial charge >= 0.3 is 6.09 Å². The molecule has 0 aromatic carbocycles. The number of ether oxygens (including phenoxy) is 1. The topological polar surface area (TPSA) is 67.4 Å². The van der Waals surface area contributed by atoms with Gasteiger partial charge in [-0.3, -0.25) is 4.79 Å². The van der Waals surface area contributed by atoms with Crippen LogP contribution in [0.1, 0.15) is 60.8 Å². The van der Waals surface area contributed by atoms with Crippen LogP contribution in [-0.4, -0.2) is 30.2 Å². The van der Waals surface area contributed by atoms with Crippen LogP contribution in [0.2, 0.25) is 0 Å². The molecule has 20 heavy (non-hydrogen) atoms. The highest BCUT2D eigenvalue weighted by atomic mass is 16.6. The lowest BCUT2D eigenvalue weighted by atomic mass is 10.0. The molecule has 2 N–H and O–H groups in total. The average molecular weight is 286 g/mol. The number of nitrogens with one attached hydrogen (secondary N) is 2. The fourth-order valence-corrected chi connectivity index (χ4v) is 1.67. The summed E-state index contributed by atoms with van der Waals surface area (Å²) in [6, 6.07) is -0.563. The van der Waals surface area contributed by atoms with E-state index in [4.69, 9.17) is 4.74 Å². The monoisotopic (exact) mass is 286 g/mol. The first-order valence-electron chi connectivity index (χ1n) is 7.44. The third-order valence-corrected chi connectivity index (χ3v) is 2.70. The van der Waals surface area contributed by atoms with Crippen LogP contribution in [0.25, 0.3) is 0 Å². The SMILES string of the molecule is CCCCCNC(=O)C(NC(=O)OC(C)(C)C)C(C)C. The maximum atomic E-state index is 12.1. The molecule has 0 saturated heterocycles. The van der Waals surface area contributed by atoms with Gasteiger partial charge in [0.05, 0.1) is 0 Å². The van der Waals surface area contributed by atoms with Gasteiger partial charge in [0.2, 0.25) is 5.91 Å². The van der Waals surface area contributed by atoms with Crippen molar-refractivity contribution in [3.05, 3.63) is 0 Å². The fourth-order valence-electron chi connectivity index (χ4n) is 1.67. The number of amides is 2. The molecule has 0 bridgehead atoms. The van der Waals surface area contributed by atoms with E-state index in [0.29, 0.717) is 6.54 Å². The highest BCUT2D eigenvalue weighted by Crippen LogP contribution is 2.09. The predicted octanol–water partition coefficient (Wildman–Crippen LogP) is 2.84. The molecular formula is C15H30N2O3. The van der Waals surface area contributed by atoms with Crippen LogP contribution in [0.15, 0.2) is 0 Å². The van der Waals surface area contributed by atoms with Crippen molar-refractivity contribution < 1.29 is 14.3 Å². The molecule has 2 amide bonds. The molecule has 0 heterocycles. The molecule has 0 saturated carbocycles. The van der Waals surface area contributed by atoms with Crippen molar-refractivity contribution in [2.45, 2.75) is 72.4 Å². The molecule has 1 atom stereocenters. The second-order valence-electron chi connectivity index (χ2n) is 6.37. The van der Waals surface area contributed by atoms with Gasteiger partial charge < -0.3 is 15.4 Å². The molecule has 0 aliphatic carbocycles. The summed E-state index contributed by atoms with van der Waals surface area (Å²) >= 11 is 0. The van der Waals surface area contributed by atoms with Gasteiger partial charge in [0.1, 0.15) is 11.6 Å². The summed E-state index contributed by atoms with van der Waals surface area (Å²) in [4.78, 5) is 23.8. The highest BCUT2D eigenvalue weighted by Gasteiger charge is 2.26. The molecule has 0 fully saturated rings. The summed E-state index contributed by atoms with van der Waals surface area (Å²) < 4.78 is 5.18. The van der Waals surface area contributed by atoms with Gasteiger partial charge in [-0.15, -0.1) is 0 Å². The summed E-state index contributed by atoms with van der Waals surface area (Å²) in [6.07, 6.45) is 2.60. The van der Waals surface area contributed by atoms with E-state index in [9.17, 15) is 9.59 Å². The van der Waals surface area contributed by atoms with E-state index in [1.165, 1.54) is 0 Å². The maximum Gasteiger partial charge on any atom is 0.408 e. The van der Waals surface area contributed by atoms with Crippen molar-refractivity contribution in [2.24, 2.45) is 5.92 Å². The Morgan fingerprint density at radius 2 is 1.75 bits per heavy atom. The lowest BCUT2D eigenvalue weighted by Gasteiger charge is -2.25. The van der Waals surface area contributed by atoms with Crippen molar-refractivity contribution in [3.63, 3.8) is 0 Å². The van der Waals surface area contributed by atoms with Crippen LogP contribution >= 0.6 is 0 Å². The standard InChI is InChI=1S/C15H30N2O3/c1-7-8-9-10-16-13(18)12(11(2)3)17-14(19)20-15(4,5)6/h11-12H,7-10H2,1-6H3,(H,16,18)(H,17,19). The first-order chi connectivity index (χ1) is 9.17. The van der Waals surface area contributed by atoms with Gasteiger partial charge in [-0.1, -0.05) is 33.6 Å². The van der Waals surface area contributed by atoms with Gasteiger partial charge in [-0.2, -0.15) is 0 Å².